The van der Waals surface area contributed by atoms with Gasteiger partial charge in [0.2, 0.25) is 0 Å². The van der Waals surface area contributed by atoms with Gasteiger partial charge < -0.3 is 4.74 Å². The summed E-state index contributed by atoms with van der Waals surface area (Å²) in [5, 5.41) is 10.5. The molecule has 0 saturated carbocycles. The summed E-state index contributed by atoms with van der Waals surface area (Å²) in [5.41, 5.74) is -0.131. The first-order valence-electron chi connectivity index (χ1n) is 3.97. The van der Waals surface area contributed by atoms with Crippen LogP contribution in [0.3, 0.4) is 0 Å². The molecule has 0 heterocycles. The van der Waals surface area contributed by atoms with Crippen molar-refractivity contribution in [3.8, 4) is 5.75 Å². The van der Waals surface area contributed by atoms with Crippen molar-refractivity contribution in [1.82, 2.24) is 0 Å². The number of para-hydroxylation sites is 2. The predicted octanol–water partition coefficient (Wildman–Crippen LogP) is 1.56. The summed E-state index contributed by atoms with van der Waals surface area (Å²) < 4.78 is 4.97. The Bertz CT molecular complexity index is 362. The molecule has 1 aromatic carbocycles. The van der Waals surface area contributed by atoms with Crippen LogP contribution in [-0.2, 0) is 4.79 Å². The number of rotatable bonds is 4. The molecule has 14 heavy (non-hydrogen) atoms. The fourth-order valence-electron chi connectivity index (χ4n) is 0.909. The van der Waals surface area contributed by atoms with Crippen LogP contribution in [0.5, 0.6) is 5.75 Å². The van der Waals surface area contributed by atoms with Crippen molar-refractivity contribution in [2.75, 3.05) is 6.61 Å². The standard InChI is InChI=1S/C9H9NO4/c1-7(11)6-14-9-5-3-2-4-8(9)10(12)13/h2-5H,6H2,1H3. The van der Waals surface area contributed by atoms with Gasteiger partial charge >= 0.3 is 5.69 Å². The van der Waals surface area contributed by atoms with Crippen LogP contribution in [0.2, 0.25) is 0 Å². The molecule has 0 N–H and O–H groups in total. The van der Waals surface area contributed by atoms with Crippen LogP contribution < -0.4 is 4.74 Å². The van der Waals surface area contributed by atoms with Crippen molar-refractivity contribution in [3.05, 3.63) is 34.4 Å². The molecule has 0 aliphatic heterocycles. The van der Waals surface area contributed by atoms with Crippen molar-refractivity contribution in [2.24, 2.45) is 0 Å². The molecule has 0 atom stereocenters. The van der Waals surface area contributed by atoms with Gasteiger partial charge in [-0.3, -0.25) is 14.9 Å². The van der Waals surface area contributed by atoms with E-state index >= 15 is 0 Å². The average Bonchev–Trinajstić information content (AvgIpc) is 2.15. The number of nitrogens with zero attached hydrogens (tertiary/aromatic N) is 1. The smallest absolute Gasteiger partial charge is 0.310 e. The maximum atomic E-state index is 10.6. The number of hydrogen-bond acceptors (Lipinski definition) is 4. The summed E-state index contributed by atoms with van der Waals surface area (Å²) in [4.78, 5) is 20.6. The second kappa shape index (κ2) is 4.36. The Morgan fingerprint density at radius 3 is 2.71 bits per heavy atom. The monoisotopic (exact) mass is 195 g/mol. The third-order valence-corrected chi connectivity index (χ3v) is 1.49. The Morgan fingerprint density at radius 1 is 1.50 bits per heavy atom. The van der Waals surface area contributed by atoms with Crippen LogP contribution in [-0.4, -0.2) is 17.3 Å². The summed E-state index contributed by atoms with van der Waals surface area (Å²) in [7, 11) is 0. The summed E-state index contributed by atoms with van der Waals surface area (Å²) in [6.07, 6.45) is 0. The molecule has 0 fully saturated rings. The third kappa shape index (κ3) is 2.55. The van der Waals surface area contributed by atoms with Crippen molar-refractivity contribution in [1.29, 1.82) is 0 Å². The number of carbonyl (C=O) groups is 1. The van der Waals surface area contributed by atoms with Gasteiger partial charge in [-0.1, -0.05) is 12.1 Å². The molecule has 5 nitrogen and oxygen atoms in total. The zero-order valence-corrected chi connectivity index (χ0v) is 7.60. The lowest BCUT2D eigenvalue weighted by atomic mass is 10.3. The van der Waals surface area contributed by atoms with Gasteiger partial charge in [0.1, 0.15) is 6.61 Å². The SMILES string of the molecule is CC(=O)COc1ccccc1[N+](=O)[O-]. The van der Waals surface area contributed by atoms with Crippen LogP contribution in [0.15, 0.2) is 24.3 Å². The molecular formula is C9H9NO4. The third-order valence-electron chi connectivity index (χ3n) is 1.49. The van der Waals surface area contributed by atoms with Crippen molar-refractivity contribution in [2.45, 2.75) is 6.92 Å². The van der Waals surface area contributed by atoms with E-state index in [0.29, 0.717) is 0 Å². The van der Waals surface area contributed by atoms with Gasteiger partial charge in [0, 0.05) is 6.07 Å². The molecule has 74 valence electrons. The van der Waals surface area contributed by atoms with E-state index in [1.165, 1.54) is 19.1 Å². The second-order valence-electron chi connectivity index (χ2n) is 2.72. The molecule has 0 aliphatic carbocycles. The number of carbonyl (C=O) groups excluding carboxylic acids is 1. The molecule has 1 rings (SSSR count). The minimum absolute atomic E-state index is 0.118. The zero-order valence-electron chi connectivity index (χ0n) is 7.60. The molecular weight excluding hydrogens is 186 g/mol. The molecule has 0 bridgehead atoms. The maximum Gasteiger partial charge on any atom is 0.310 e. The normalized spacial score (nSPS) is 9.50. The van der Waals surface area contributed by atoms with Crippen molar-refractivity contribution >= 4 is 11.5 Å². The molecule has 0 aliphatic rings. The second-order valence-corrected chi connectivity index (χ2v) is 2.72. The molecule has 0 unspecified atom stereocenters. The highest BCUT2D eigenvalue weighted by molar-refractivity contribution is 5.77. The number of nitro benzene ring substituents is 1. The Morgan fingerprint density at radius 2 is 2.14 bits per heavy atom. The van der Waals surface area contributed by atoms with Crippen LogP contribution in [0, 0.1) is 10.1 Å². The van der Waals surface area contributed by atoms with E-state index in [1.54, 1.807) is 12.1 Å². The zero-order chi connectivity index (χ0) is 10.6. The van der Waals surface area contributed by atoms with Crippen LogP contribution in [0.1, 0.15) is 6.92 Å². The summed E-state index contributed by atoms with van der Waals surface area (Å²) in [6.45, 7) is 1.21. The maximum absolute atomic E-state index is 10.6. The predicted molar refractivity (Wildman–Crippen MR) is 49.3 cm³/mol. The number of ketones is 1. The Hall–Kier alpha value is -1.91. The Labute approximate surface area is 80.5 Å². The Balaban J connectivity index is 2.84. The van der Waals surface area contributed by atoms with E-state index < -0.39 is 4.92 Å². The van der Waals surface area contributed by atoms with Gasteiger partial charge in [0.05, 0.1) is 4.92 Å². The number of benzene rings is 1. The topological polar surface area (TPSA) is 69.4 Å². The van der Waals surface area contributed by atoms with Crippen LogP contribution in [0.4, 0.5) is 5.69 Å². The number of hydrogen-bond donors (Lipinski definition) is 0. The van der Waals surface area contributed by atoms with E-state index in [2.05, 4.69) is 0 Å². The molecule has 0 saturated heterocycles. The Kier molecular flexibility index (Phi) is 3.17. The van der Waals surface area contributed by atoms with E-state index in [1.807, 2.05) is 0 Å². The molecule has 0 spiro atoms. The number of Topliss-reactive ketones (excluding diaryl/α,β-unsaturated/α-hetero) is 1. The molecule has 0 aromatic heterocycles. The lowest BCUT2D eigenvalue weighted by molar-refractivity contribution is -0.385. The van der Waals surface area contributed by atoms with Gasteiger partial charge in [-0.2, -0.15) is 0 Å². The quantitative estimate of drug-likeness (QED) is 0.540. The minimum Gasteiger partial charge on any atom is -0.479 e. The largest absolute Gasteiger partial charge is 0.479 e. The lowest BCUT2D eigenvalue weighted by Gasteiger charge is -2.03. The fourth-order valence-corrected chi connectivity index (χ4v) is 0.909. The van der Waals surface area contributed by atoms with E-state index in [4.69, 9.17) is 4.74 Å². The van der Waals surface area contributed by atoms with Gasteiger partial charge in [-0.25, -0.2) is 0 Å². The first-order chi connectivity index (χ1) is 6.61. The average molecular weight is 195 g/mol. The highest BCUT2D eigenvalue weighted by atomic mass is 16.6. The van der Waals surface area contributed by atoms with Gasteiger partial charge in [0.25, 0.3) is 0 Å². The molecule has 0 amide bonds. The minimum atomic E-state index is -0.546. The summed E-state index contributed by atoms with van der Waals surface area (Å²) in [5.74, 6) is -0.0594. The molecule has 5 heteroatoms. The molecule has 0 radical (unpaired) electrons. The van der Waals surface area contributed by atoms with Crippen LogP contribution >= 0.6 is 0 Å². The summed E-state index contributed by atoms with van der Waals surface area (Å²) in [6, 6.07) is 5.94. The highest BCUT2D eigenvalue weighted by Gasteiger charge is 2.13. The van der Waals surface area contributed by atoms with Crippen molar-refractivity contribution < 1.29 is 14.5 Å². The van der Waals surface area contributed by atoms with E-state index in [-0.39, 0.29) is 23.8 Å². The molecule has 1 aromatic rings. The lowest BCUT2D eigenvalue weighted by Crippen LogP contribution is -2.07. The van der Waals surface area contributed by atoms with Gasteiger partial charge in [0.15, 0.2) is 11.5 Å². The first kappa shape index (κ1) is 10.2. The van der Waals surface area contributed by atoms with Crippen molar-refractivity contribution in [3.63, 3.8) is 0 Å². The summed E-state index contributed by atoms with van der Waals surface area (Å²) >= 11 is 0. The van der Waals surface area contributed by atoms with Gasteiger partial charge in [-0.05, 0) is 13.0 Å². The van der Waals surface area contributed by atoms with E-state index in [9.17, 15) is 14.9 Å². The van der Waals surface area contributed by atoms with Crippen LogP contribution in [0.25, 0.3) is 0 Å². The number of nitro groups is 1. The number of ether oxygens (including phenoxy) is 1. The van der Waals surface area contributed by atoms with E-state index in [0.717, 1.165) is 0 Å². The highest BCUT2D eigenvalue weighted by Crippen LogP contribution is 2.25. The first-order valence-corrected chi connectivity index (χ1v) is 3.97. The fraction of sp³-hybridized carbons (Fsp3) is 0.222. The van der Waals surface area contributed by atoms with Gasteiger partial charge in [-0.15, -0.1) is 0 Å².